The predicted molar refractivity (Wildman–Crippen MR) is 48.5 cm³/mol. The Morgan fingerprint density at radius 3 is 2.55 bits per heavy atom. The summed E-state index contributed by atoms with van der Waals surface area (Å²) in [6.07, 6.45) is 2.77. The van der Waals surface area contributed by atoms with Gasteiger partial charge in [-0.2, -0.15) is 0 Å². The van der Waals surface area contributed by atoms with Gasteiger partial charge in [-0.3, -0.25) is 0 Å². The van der Waals surface area contributed by atoms with Gasteiger partial charge in [0.2, 0.25) is 0 Å². The Bertz CT molecular complexity index is 109. The van der Waals surface area contributed by atoms with Crippen molar-refractivity contribution < 1.29 is 4.48 Å². The second kappa shape index (κ2) is 3.55. The second-order valence-electron chi connectivity index (χ2n) is 4.66. The molecule has 0 radical (unpaired) electrons. The summed E-state index contributed by atoms with van der Waals surface area (Å²) < 4.78 is 1.11. The molecule has 0 saturated carbocycles. The fraction of sp³-hybridized carbons (Fsp3) is 1.00. The van der Waals surface area contributed by atoms with Crippen LogP contribution < -0.4 is 5.32 Å². The van der Waals surface area contributed by atoms with Crippen molar-refractivity contribution in [2.75, 3.05) is 40.8 Å². The zero-order valence-corrected chi connectivity index (χ0v) is 8.06. The molecule has 1 unspecified atom stereocenters. The maximum absolute atomic E-state index is 3.40. The van der Waals surface area contributed by atoms with Crippen LogP contribution in [0.5, 0.6) is 0 Å². The van der Waals surface area contributed by atoms with E-state index in [2.05, 4.69) is 26.5 Å². The van der Waals surface area contributed by atoms with Crippen LogP contribution in [0.15, 0.2) is 0 Å². The largest absolute Gasteiger partial charge is 0.331 e. The topological polar surface area (TPSA) is 12.0 Å². The lowest BCUT2D eigenvalue weighted by atomic mass is 10.0. The molecule has 1 aliphatic rings. The number of nitrogens with one attached hydrogen (secondary N) is 1. The molecule has 0 spiro atoms. The van der Waals surface area contributed by atoms with Crippen molar-refractivity contribution in [3.05, 3.63) is 0 Å². The van der Waals surface area contributed by atoms with Gasteiger partial charge in [-0.15, -0.1) is 0 Å². The van der Waals surface area contributed by atoms with Crippen LogP contribution in [-0.4, -0.2) is 45.3 Å². The number of nitrogens with zero attached hydrogens (tertiary/aromatic N) is 1. The minimum Gasteiger partial charge on any atom is -0.331 e. The molecular formula is C9H21N2+. The Hall–Kier alpha value is -0.0800. The highest BCUT2D eigenvalue weighted by molar-refractivity contribution is 4.70. The van der Waals surface area contributed by atoms with Crippen LogP contribution in [0.3, 0.4) is 0 Å². The highest BCUT2D eigenvalue weighted by Gasteiger charge is 2.17. The Labute approximate surface area is 70.2 Å². The molecule has 1 fully saturated rings. The fourth-order valence-electron chi connectivity index (χ4n) is 1.53. The Morgan fingerprint density at radius 1 is 1.36 bits per heavy atom. The summed E-state index contributed by atoms with van der Waals surface area (Å²) in [5, 5.41) is 3.40. The Balaban J connectivity index is 2.11. The van der Waals surface area contributed by atoms with Gasteiger partial charge in [0.25, 0.3) is 0 Å². The Kier molecular flexibility index (Phi) is 2.90. The minimum atomic E-state index is 0.951. The smallest absolute Gasteiger partial charge is 0.0783 e. The van der Waals surface area contributed by atoms with Gasteiger partial charge in [0, 0.05) is 6.42 Å². The first-order chi connectivity index (χ1) is 5.08. The zero-order valence-electron chi connectivity index (χ0n) is 8.06. The van der Waals surface area contributed by atoms with Gasteiger partial charge in [0.1, 0.15) is 0 Å². The van der Waals surface area contributed by atoms with Crippen molar-refractivity contribution in [3.63, 3.8) is 0 Å². The molecule has 2 heteroatoms. The molecule has 1 atom stereocenters. The lowest BCUT2D eigenvalue weighted by Gasteiger charge is -2.25. The summed E-state index contributed by atoms with van der Waals surface area (Å²) in [4.78, 5) is 0. The molecule has 11 heavy (non-hydrogen) atoms. The van der Waals surface area contributed by atoms with Crippen molar-refractivity contribution >= 4 is 0 Å². The molecular weight excluding hydrogens is 136 g/mol. The van der Waals surface area contributed by atoms with Gasteiger partial charge in [0.15, 0.2) is 0 Å². The van der Waals surface area contributed by atoms with E-state index < -0.39 is 0 Å². The number of quaternary nitrogens is 1. The van der Waals surface area contributed by atoms with Crippen LogP contribution in [0.4, 0.5) is 0 Å². The SMILES string of the molecule is C[N+](C)(C)CCC1CCNC1. The molecule has 1 N–H and O–H groups in total. The van der Waals surface area contributed by atoms with E-state index in [0.29, 0.717) is 0 Å². The third kappa shape index (κ3) is 3.73. The summed E-state index contributed by atoms with van der Waals surface area (Å²) in [7, 11) is 6.80. The van der Waals surface area contributed by atoms with Crippen LogP contribution in [0.1, 0.15) is 12.8 Å². The summed E-state index contributed by atoms with van der Waals surface area (Å²) in [5.41, 5.74) is 0. The van der Waals surface area contributed by atoms with Crippen molar-refractivity contribution in [3.8, 4) is 0 Å². The van der Waals surface area contributed by atoms with Gasteiger partial charge >= 0.3 is 0 Å². The lowest BCUT2D eigenvalue weighted by Crippen LogP contribution is -2.36. The van der Waals surface area contributed by atoms with E-state index in [4.69, 9.17) is 0 Å². The summed E-state index contributed by atoms with van der Waals surface area (Å²) in [5.74, 6) is 0.951. The van der Waals surface area contributed by atoms with E-state index in [-0.39, 0.29) is 0 Å². The van der Waals surface area contributed by atoms with Gasteiger partial charge in [0.05, 0.1) is 27.7 Å². The minimum absolute atomic E-state index is 0.951. The molecule has 2 nitrogen and oxygen atoms in total. The monoisotopic (exact) mass is 157 g/mol. The standard InChI is InChI=1S/C9H21N2/c1-11(2,3)7-5-9-4-6-10-8-9/h9-10H,4-8H2,1-3H3/q+1. The third-order valence-corrected chi connectivity index (χ3v) is 2.37. The highest BCUT2D eigenvalue weighted by atomic mass is 15.3. The Morgan fingerprint density at radius 2 is 2.09 bits per heavy atom. The van der Waals surface area contributed by atoms with Crippen LogP contribution in [-0.2, 0) is 0 Å². The molecule has 1 aliphatic heterocycles. The van der Waals surface area contributed by atoms with E-state index in [1.807, 2.05) is 0 Å². The summed E-state index contributed by atoms with van der Waals surface area (Å²) in [6.45, 7) is 3.80. The first-order valence-corrected chi connectivity index (χ1v) is 4.59. The van der Waals surface area contributed by atoms with Crippen molar-refractivity contribution in [2.45, 2.75) is 12.8 Å². The zero-order chi connectivity index (χ0) is 8.32. The lowest BCUT2D eigenvalue weighted by molar-refractivity contribution is -0.870. The van der Waals surface area contributed by atoms with Crippen molar-refractivity contribution in [1.82, 2.24) is 5.32 Å². The van der Waals surface area contributed by atoms with Gasteiger partial charge in [-0.25, -0.2) is 0 Å². The fourth-order valence-corrected chi connectivity index (χ4v) is 1.53. The van der Waals surface area contributed by atoms with Crippen molar-refractivity contribution in [1.29, 1.82) is 0 Å². The quantitative estimate of drug-likeness (QED) is 0.594. The highest BCUT2D eigenvalue weighted by Crippen LogP contribution is 2.13. The van der Waals surface area contributed by atoms with Crippen LogP contribution in [0.25, 0.3) is 0 Å². The molecule has 1 heterocycles. The maximum atomic E-state index is 3.40. The van der Waals surface area contributed by atoms with Crippen molar-refractivity contribution in [2.24, 2.45) is 5.92 Å². The average Bonchev–Trinajstić information content (AvgIpc) is 2.32. The molecule has 0 aromatic rings. The molecule has 0 aromatic carbocycles. The molecule has 1 saturated heterocycles. The molecule has 0 aliphatic carbocycles. The normalized spacial score (nSPS) is 25.9. The van der Waals surface area contributed by atoms with E-state index in [1.165, 1.54) is 32.5 Å². The third-order valence-electron chi connectivity index (χ3n) is 2.37. The first-order valence-electron chi connectivity index (χ1n) is 4.59. The molecule has 66 valence electrons. The predicted octanol–water partition coefficient (Wildman–Crippen LogP) is 0.692. The molecule has 0 bridgehead atoms. The molecule has 0 aromatic heterocycles. The number of hydrogen-bond donors (Lipinski definition) is 1. The molecule has 1 rings (SSSR count). The van der Waals surface area contributed by atoms with Crippen LogP contribution in [0, 0.1) is 5.92 Å². The average molecular weight is 157 g/mol. The first kappa shape index (κ1) is 9.01. The van der Waals surface area contributed by atoms with Crippen LogP contribution >= 0.6 is 0 Å². The van der Waals surface area contributed by atoms with E-state index in [0.717, 1.165) is 10.4 Å². The number of hydrogen-bond acceptors (Lipinski definition) is 1. The number of rotatable bonds is 3. The second-order valence-corrected chi connectivity index (χ2v) is 4.66. The van der Waals surface area contributed by atoms with E-state index in [9.17, 15) is 0 Å². The maximum Gasteiger partial charge on any atom is 0.0783 e. The van der Waals surface area contributed by atoms with E-state index >= 15 is 0 Å². The summed E-state index contributed by atoms with van der Waals surface area (Å²) >= 11 is 0. The van der Waals surface area contributed by atoms with Crippen LogP contribution in [0.2, 0.25) is 0 Å². The van der Waals surface area contributed by atoms with Gasteiger partial charge in [-0.1, -0.05) is 0 Å². The van der Waals surface area contributed by atoms with Gasteiger partial charge < -0.3 is 9.80 Å². The van der Waals surface area contributed by atoms with Gasteiger partial charge in [-0.05, 0) is 25.4 Å². The van der Waals surface area contributed by atoms with E-state index in [1.54, 1.807) is 0 Å². The molecule has 0 amide bonds. The summed E-state index contributed by atoms with van der Waals surface area (Å²) in [6, 6.07) is 0.